The minimum atomic E-state index is -0.715. The molecule has 1 heterocycles. The third-order valence-electron chi connectivity index (χ3n) is 4.75. The number of guanidine groups is 1. The summed E-state index contributed by atoms with van der Waals surface area (Å²) < 4.78 is 25.5. The molecule has 48 heavy (non-hydrogen) atoms. The fourth-order valence-corrected chi connectivity index (χ4v) is 3.71. The Bertz CT molecular complexity index is 1230. The van der Waals surface area contributed by atoms with Crippen molar-refractivity contribution in [3.8, 4) is 17.2 Å². The molecule has 2 aromatic carbocycles. The molecular formula is C35H55N5O7S. The number of benzene rings is 2. The number of hydrogen-bond donors (Lipinski definition) is 2. The van der Waals surface area contributed by atoms with Crippen LogP contribution in [-0.2, 0) is 20.0 Å². The zero-order valence-corrected chi connectivity index (χ0v) is 31.0. The summed E-state index contributed by atoms with van der Waals surface area (Å²) in [4.78, 5) is 26.2. The van der Waals surface area contributed by atoms with E-state index in [0.29, 0.717) is 24.9 Å². The molecule has 0 aliphatic rings. The predicted molar refractivity (Wildman–Crippen MR) is 193 cm³/mol. The molecule has 0 saturated heterocycles. The van der Waals surface area contributed by atoms with Gasteiger partial charge in [0.2, 0.25) is 17.7 Å². The normalized spacial score (nSPS) is 10.6. The highest BCUT2D eigenvalue weighted by Crippen LogP contribution is 2.22. The number of carbonyl (C=O) groups excluding carboxylic acids is 2. The Morgan fingerprint density at radius 1 is 0.917 bits per heavy atom. The Kier molecular flexibility index (Phi) is 24.6. The number of hydrogen-bond acceptors (Lipinski definition) is 11. The van der Waals surface area contributed by atoms with Crippen LogP contribution in [0.3, 0.4) is 0 Å². The van der Waals surface area contributed by atoms with E-state index in [1.165, 1.54) is 7.11 Å². The Hall–Kier alpha value is -4.10. The Balaban J connectivity index is 0.000000725. The van der Waals surface area contributed by atoms with E-state index in [1.54, 1.807) is 46.6 Å². The van der Waals surface area contributed by atoms with Gasteiger partial charge in [-0.25, -0.2) is 9.59 Å². The number of aliphatic imine (C=N–C) groups is 1. The summed E-state index contributed by atoms with van der Waals surface area (Å²) in [5, 5.41) is 12.7. The smallest absolute Gasteiger partial charge is 0.414 e. The molecular weight excluding hydrogens is 634 g/mol. The largest absolute Gasteiger partial charge is 0.494 e. The minimum Gasteiger partial charge on any atom is -0.494 e. The SMILES string of the molecule is CC(C)C.CCN=C(NC(=O)OC)NC(=O)OC(C)(C)C.CCOc1ccc(-c2nnc(CSCCCOC)o2)cc1.c1ccccc1. The number of nitrogens with zero attached hydrogens (tertiary/aromatic N) is 3. The summed E-state index contributed by atoms with van der Waals surface area (Å²) in [7, 11) is 2.93. The van der Waals surface area contributed by atoms with E-state index in [-0.39, 0.29) is 5.96 Å². The second kappa shape index (κ2) is 26.9. The van der Waals surface area contributed by atoms with Gasteiger partial charge in [-0.15, -0.1) is 10.2 Å². The van der Waals surface area contributed by atoms with Crippen molar-refractivity contribution in [3.05, 3.63) is 66.6 Å². The molecule has 268 valence electrons. The number of alkyl carbamates (subject to hydrolysis) is 2. The van der Waals surface area contributed by atoms with Crippen LogP contribution in [0.25, 0.3) is 11.5 Å². The fourth-order valence-electron chi connectivity index (χ4n) is 2.96. The van der Waals surface area contributed by atoms with Crippen LogP contribution >= 0.6 is 11.8 Å². The third kappa shape index (κ3) is 25.0. The maximum Gasteiger partial charge on any atom is 0.414 e. The Morgan fingerprint density at radius 2 is 1.48 bits per heavy atom. The van der Waals surface area contributed by atoms with Gasteiger partial charge < -0.3 is 23.4 Å². The fraction of sp³-hybridized carbons (Fsp3) is 0.514. The van der Waals surface area contributed by atoms with Gasteiger partial charge in [0.1, 0.15) is 11.4 Å². The summed E-state index contributed by atoms with van der Waals surface area (Å²) in [6.45, 7) is 17.3. The first kappa shape index (κ1) is 43.9. The average molecular weight is 690 g/mol. The lowest BCUT2D eigenvalue weighted by molar-refractivity contribution is 0.0561. The lowest BCUT2D eigenvalue weighted by Crippen LogP contribution is -2.45. The molecule has 3 aromatic rings. The summed E-state index contributed by atoms with van der Waals surface area (Å²) >= 11 is 1.77. The van der Waals surface area contributed by atoms with E-state index in [0.717, 1.165) is 41.8 Å². The van der Waals surface area contributed by atoms with Gasteiger partial charge in [0.15, 0.2) is 0 Å². The van der Waals surface area contributed by atoms with Gasteiger partial charge in [-0.2, -0.15) is 11.8 Å². The number of ether oxygens (including phenoxy) is 4. The van der Waals surface area contributed by atoms with Crippen LogP contribution in [0.4, 0.5) is 9.59 Å². The molecule has 12 nitrogen and oxygen atoms in total. The van der Waals surface area contributed by atoms with Crippen molar-refractivity contribution in [1.29, 1.82) is 0 Å². The van der Waals surface area contributed by atoms with E-state index >= 15 is 0 Å². The topological polar surface area (TPSA) is 146 Å². The van der Waals surface area contributed by atoms with Crippen LogP contribution in [0.2, 0.25) is 0 Å². The van der Waals surface area contributed by atoms with Crippen LogP contribution < -0.4 is 15.4 Å². The molecule has 0 bridgehead atoms. The van der Waals surface area contributed by atoms with Crippen LogP contribution in [0.5, 0.6) is 5.75 Å². The van der Waals surface area contributed by atoms with E-state index in [9.17, 15) is 9.59 Å². The molecule has 0 aliphatic heterocycles. The maximum atomic E-state index is 11.4. The first-order chi connectivity index (χ1) is 22.8. The van der Waals surface area contributed by atoms with Gasteiger partial charge in [0, 0.05) is 25.8 Å². The van der Waals surface area contributed by atoms with Crippen LogP contribution in [0.1, 0.15) is 67.7 Å². The second-order valence-corrected chi connectivity index (χ2v) is 12.4. The molecule has 0 unspecified atom stereocenters. The first-order valence-corrected chi connectivity index (χ1v) is 17.0. The number of carbonyl (C=O) groups is 2. The maximum absolute atomic E-state index is 11.4. The van der Waals surface area contributed by atoms with E-state index in [4.69, 9.17) is 18.6 Å². The van der Waals surface area contributed by atoms with Gasteiger partial charge in [0.25, 0.3) is 0 Å². The van der Waals surface area contributed by atoms with E-state index in [2.05, 4.69) is 51.3 Å². The highest BCUT2D eigenvalue weighted by Gasteiger charge is 2.18. The number of amides is 2. The first-order valence-electron chi connectivity index (χ1n) is 15.9. The van der Waals surface area contributed by atoms with E-state index in [1.807, 2.05) is 67.6 Å². The van der Waals surface area contributed by atoms with Crippen LogP contribution in [-0.4, -0.2) is 73.7 Å². The highest BCUT2D eigenvalue weighted by atomic mass is 32.2. The molecule has 0 saturated carbocycles. The van der Waals surface area contributed by atoms with Crippen molar-refractivity contribution in [3.63, 3.8) is 0 Å². The lowest BCUT2D eigenvalue weighted by Gasteiger charge is -2.20. The molecule has 0 atom stereocenters. The zero-order valence-electron chi connectivity index (χ0n) is 30.2. The quantitative estimate of drug-likeness (QED) is 0.122. The van der Waals surface area contributed by atoms with Crippen LogP contribution in [0, 0.1) is 5.92 Å². The molecule has 0 radical (unpaired) electrons. The highest BCUT2D eigenvalue weighted by molar-refractivity contribution is 7.98. The van der Waals surface area contributed by atoms with Gasteiger partial charge in [-0.1, -0.05) is 57.2 Å². The van der Waals surface area contributed by atoms with Crippen molar-refractivity contribution in [2.24, 2.45) is 10.9 Å². The minimum absolute atomic E-state index is 0.00593. The second-order valence-electron chi connectivity index (χ2n) is 11.3. The molecule has 2 N–H and O–H groups in total. The van der Waals surface area contributed by atoms with Crippen molar-refractivity contribution in [2.75, 3.05) is 39.7 Å². The molecule has 0 spiro atoms. The number of nitrogens with one attached hydrogen (secondary N) is 2. The molecule has 2 amide bonds. The number of methoxy groups -OCH3 is 2. The lowest BCUT2D eigenvalue weighted by atomic mass is 10.2. The Morgan fingerprint density at radius 3 is 1.96 bits per heavy atom. The molecule has 1 aromatic heterocycles. The number of thioether (sulfide) groups is 1. The Labute approximate surface area is 290 Å². The zero-order chi connectivity index (χ0) is 36.2. The monoisotopic (exact) mass is 689 g/mol. The van der Waals surface area contributed by atoms with E-state index < -0.39 is 17.8 Å². The number of aromatic nitrogens is 2. The summed E-state index contributed by atoms with van der Waals surface area (Å²) in [6.07, 6.45) is -0.379. The van der Waals surface area contributed by atoms with Gasteiger partial charge in [0.05, 0.1) is 19.5 Å². The van der Waals surface area contributed by atoms with Crippen LogP contribution in [0.15, 0.2) is 70.1 Å². The molecule has 0 aliphatic carbocycles. The van der Waals surface area contributed by atoms with Crippen molar-refractivity contribution < 1.29 is 33.0 Å². The third-order valence-corrected chi connectivity index (χ3v) is 5.78. The van der Waals surface area contributed by atoms with Gasteiger partial charge in [-0.3, -0.25) is 15.6 Å². The predicted octanol–water partition coefficient (Wildman–Crippen LogP) is 8.00. The summed E-state index contributed by atoms with van der Waals surface area (Å²) in [5.74, 6) is 4.62. The average Bonchev–Trinajstić information content (AvgIpc) is 3.51. The van der Waals surface area contributed by atoms with Gasteiger partial charge >= 0.3 is 12.2 Å². The van der Waals surface area contributed by atoms with Crippen molar-refractivity contribution >= 4 is 29.9 Å². The van der Waals surface area contributed by atoms with Crippen molar-refractivity contribution in [2.45, 2.75) is 73.2 Å². The molecule has 0 fully saturated rings. The molecule has 13 heteroatoms. The molecule has 3 rings (SSSR count). The summed E-state index contributed by atoms with van der Waals surface area (Å²) in [5.41, 5.74) is 0.286. The standard InChI is InChI=1S/C15H20N2O3S.C10H19N3O4.C6H6.C4H10/c1-3-19-13-7-5-12(6-8-13)15-17-16-14(20-15)11-21-10-4-9-18-2;1-6-11-7(12-8(14)16-5)13-9(15)17-10(2,3)4;1-2-4-6-5-3-1;1-4(2)3/h5-8H,3-4,9-11H2,1-2H3;6H2,1-5H3,(H2,11,12,13,14,15);1-6H;4H,1-3H3. The van der Waals surface area contributed by atoms with Crippen molar-refractivity contribution in [1.82, 2.24) is 20.8 Å². The number of rotatable bonds is 10. The van der Waals surface area contributed by atoms with Gasteiger partial charge in [-0.05, 0) is 77.0 Å². The summed E-state index contributed by atoms with van der Waals surface area (Å²) in [6, 6.07) is 19.7.